The summed E-state index contributed by atoms with van der Waals surface area (Å²) in [6.45, 7) is 2.55. The van der Waals surface area contributed by atoms with Gasteiger partial charge in [0.25, 0.3) is 0 Å². The summed E-state index contributed by atoms with van der Waals surface area (Å²) in [7, 11) is 1.55. The maximum Gasteiger partial charge on any atom is 0.242 e. The first-order chi connectivity index (χ1) is 6.65. The molecule has 2 amide bonds. The van der Waals surface area contributed by atoms with Crippen LogP contribution in [0.4, 0.5) is 0 Å². The highest BCUT2D eigenvalue weighted by atomic mass is 16.2. The van der Waals surface area contributed by atoms with Crippen LogP contribution in [0.5, 0.6) is 0 Å². The molecule has 80 valence electrons. The lowest BCUT2D eigenvalue weighted by atomic mass is 10.2. The fourth-order valence-corrected chi connectivity index (χ4v) is 1.50. The maximum atomic E-state index is 11.5. The van der Waals surface area contributed by atoms with E-state index in [1.165, 1.54) is 0 Å². The van der Waals surface area contributed by atoms with Gasteiger partial charge >= 0.3 is 0 Å². The molecule has 5 nitrogen and oxygen atoms in total. The summed E-state index contributed by atoms with van der Waals surface area (Å²) in [5, 5.41) is 8.22. The van der Waals surface area contributed by atoms with Crippen molar-refractivity contribution in [3.63, 3.8) is 0 Å². The van der Waals surface area contributed by atoms with Crippen LogP contribution in [0.1, 0.15) is 19.8 Å². The summed E-state index contributed by atoms with van der Waals surface area (Å²) < 4.78 is 0. The van der Waals surface area contributed by atoms with Crippen molar-refractivity contribution in [2.24, 2.45) is 0 Å². The Morgan fingerprint density at radius 2 is 2.21 bits per heavy atom. The number of nitrogens with one attached hydrogen (secondary N) is 3. The van der Waals surface area contributed by atoms with Crippen molar-refractivity contribution in [3.05, 3.63) is 0 Å². The van der Waals surface area contributed by atoms with Crippen molar-refractivity contribution in [1.29, 1.82) is 0 Å². The molecule has 5 heteroatoms. The molecule has 1 rings (SSSR count). The Hall–Kier alpha value is -1.10. The predicted molar refractivity (Wildman–Crippen MR) is 52.7 cm³/mol. The topological polar surface area (TPSA) is 70.2 Å². The molecule has 0 aromatic carbocycles. The first-order valence-corrected chi connectivity index (χ1v) is 4.90. The average Bonchev–Trinajstić information content (AvgIpc) is 2.69. The van der Waals surface area contributed by atoms with Gasteiger partial charge < -0.3 is 16.0 Å². The molecule has 1 heterocycles. The molecule has 1 aliphatic rings. The number of rotatable bonds is 3. The number of hydrogen-bond acceptors (Lipinski definition) is 3. The number of carbonyl (C=O) groups is 2. The van der Waals surface area contributed by atoms with Crippen LogP contribution in [0.25, 0.3) is 0 Å². The van der Waals surface area contributed by atoms with Gasteiger partial charge in [-0.15, -0.1) is 0 Å². The largest absolute Gasteiger partial charge is 0.357 e. The zero-order chi connectivity index (χ0) is 10.6. The molecule has 0 aliphatic carbocycles. The lowest BCUT2D eigenvalue weighted by Crippen LogP contribution is -2.49. The van der Waals surface area contributed by atoms with Crippen molar-refractivity contribution in [3.8, 4) is 0 Å². The Kier molecular flexibility index (Phi) is 3.88. The summed E-state index contributed by atoms with van der Waals surface area (Å²) in [5.74, 6) is -0.255. The summed E-state index contributed by atoms with van der Waals surface area (Å²) in [6.07, 6.45) is 1.87. The Labute approximate surface area is 83.6 Å². The third-order valence-electron chi connectivity index (χ3n) is 2.38. The number of likely N-dealkylation sites (N-methyl/N-ethyl adjacent to an activating group) is 1. The van der Waals surface area contributed by atoms with Crippen LogP contribution in [0, 0.1) is 0 Å². The SMILES string of the molecule is CNC(=O)[C@@H](C)NC(=O)[C@@H]1CCCN1. The zero-order valence-electron chi connectivity index (χ0n) is 8.59. The minimum absolute atomic E-state index is 0.0846. The zero-order valence-corrected chi connectivity index (χ0v) is 8.59. The van der Waals surface area contributed by atoms with Gasteiger partial charge in [-0.3, -0.25) is 9.59 Å². The van der Waals surface area contributed by atoms with Crippen LogP contribution < -0.4 is 16.0 Å². The van der Waals surface area contributed by atoms with Crippen molar-refractivity contribution >= 4 is 11.8 Å². The first kappa shape index (κ1) is 11.0. The van der Waals surface area contributed by atoms with Crippen LogP contribution in [0.15, 0.2) is 0 Å². The normalized spacial score (nSPS) is 22.9. The van der Waals surface area contributed by atoms with E-state index >= 15 is 0 Å². The van der Waals surface area contributed by atoms with Gasteiger partial charge in [-0.1, -0.05) is 0 Å². The fraction of sp³-hybridized carbons (Fsp3) is 0.778. The second kappa shape index (κ2) is 4.95. The van der Waals surface area contributed by atoms with Crippen LogP contribution in [0.2, 0.25) is 0 Å². The molecule has 1 aliphatic heterocycles. The van der Waals surface area contributed by atoms with Gasteiger partial charge in [0, 0.05) is 7.05 Å². The van der Waals surface area contributed by atoms with E-state index < -0.39 is 6.04 Å². The molecule has 0 bridgehead atoms. The lowest BCUT2D eigenvalue weighted by Gasteiger charge is -2.15. The molecule has 2 atom stereocenters. The molecular weight excluding hydrogens is 182 g/mol. The Morgan fingerprint density at radius 3 is 2.71 bits per heavy atom. The Bertz CT molecular complexity index is 224. The van der Waals surface area contributed by atoms with Gasteiger partial charge in [0.15, 0.2) is 0 Å². The van der Waals surface area contributed by atoms with E-state index in [1.807, 2.05) is 0 Å². The Morgan fingerprint density at radius 1 is 1.50 bits per heavy atom. The molecule has 0 spiro atoms. The van der Waals surface area contributed by atoms with Gasteiger partial charge in [-0.25, -0.2) is 0 Å². The molecule has 0 radical (unpaired) electrons. The number of hydrogen-bond donors (Lipinski definition) is 3. The van der Waals surface area contributed by atoms with E-state index in [0.29, 0.717) is 0 Å². The van der Waals surface area contributed by atoms with E-state index in [-0.39, 0.29) is 17.9 Å². The highest BCUT2D eigenvalue weighted by molar-refractivity contribution is 5.89. The van der Waals surface area contributed by atoms with Gasteiger partial charge in [-0.2, -0.15) is 0 Å². The molecule has 0 saturated carbocycles. The highest BCUT2D eigenvalue weighted by Crippen LogP contribution is 2.04. The van der Waals surface area contributed by atoms with E-state index in [4.69, 9.17) is 0 Å². The van der Waals surface area contributed by atoms with Crippen molar-refractivity contribution in [2.75, 3.05) is 13.6 Å². The van der Waals surface area contributed by atoms with Crippen LogP contribution in [0.3, 0.4) is 0 Å². The van der Waals surface area contributed by atoms with E-state index in [9.17, 15) is 9.59 Å². The van der Waals surface area contributed by atoms with Gasteiger partial charge in [0.1, 0.15) is 6.04 Å². The van der Waals surface area contributed by atoms with Gasteiger partial charge in [-0.05, 0) is 26.3 Å². The van der Waals surface area contributed by atoms with Gasteiger partial charge in [0.2, 0.25) is 11.8 Å². The summed E-state index contributed by atoms with van der Waals surface area (Å²) in [5.41, 5.74) is 0. The monoisotopic (exact) mass is 199 g/mol. The molecule has 3 N–H and O–H groups in total. The lowest BCUT2D eigenvalue weighted by molar-refractivity contribution is -0.129. The molecular formula is C9H17N3O2. The first-order valence-electron chi connectivity index (χ1n) is 4.90. The summed E-state index contributed by atoms with van der Waals surface area (Å²) >= 11 is 0. The molecule has 14 heavy (non-hydrogen) atoms. The predicted octanol–water partition coefficient (Wildman–Crippen LogP) is -1.01. The minimum atomic E-state index is -0.463. The third-order valence-corrected chi connectivity index (χ3v) is 2.38. The quantitative estimate of drug-likeness (QED) is 0.545. The molecule has 0 unspecified atom stereocenters. The average molecular weight is 199 g/mol. The van der Waals surface area contributed by atoms with Crippen molar-refractivity contribution < 1.29 is 9.59 Å². The maximum absolute atomic E-state index is 11.5. The highest BCUT2D eigenvalue weighted by Gasteiger charge is 2.24. The third kappa shape index (κ3) is 2.70. The number of carbonyl (C=O) groups excluding carboxylic acids is 2. The summed E-state index contributed by atoms with van der Waals surface area (Å²) in [6, 6.07) is -0.586. The smallest absolute Gasteiger partial charge is 0.242 e. The standard InChI is InChI=1S/C9H17N3O2/c1-6(8(13)10-2)12-9(14)7-4-3-5-11-7/h6-7,11H,3-5H2,1-2H3,(H,10,13)(H,12,14)/t6-,7+/m1/s1. The molecule has 0 aromatic rings. The molecule has 1 fully saturated rings. The fourth-order valence-electron chi connectivity index (χ4n) is 1.50. The van der Waals surface area contributed by atoms with Crippen LogP contribution in [-0.4, -0.2) is 37.5 Å². The van der Waals surface area contributed by atoms with E-state index in [2.05, 4.69) is 16.0 Å². The van der Waals surface area contributed by atoms with Gasteiger partial charge in [0.05, 0.1) is 6.04 Å². The number of amides is 2. The Balaban J connectivity index is 2.35. The van der Waals surface area contributed by atoms with Crippen molar-refractivity contribution in [1.82, 2.24) is 16.0 Å². The van der Waals surface area contributed by atoms with Crippen LogP contribution >= 0.6 is 0 Å². The minimum Gasteiger partial charge on any atom is -0.357 e. The van der Waals surface area contributed by atoms with Crippen LogP contribution in [-0.2, 0) is 9.59 Å². The van der Waals surface area contributed by atoms with Crippen molar-refractivity contribution in [2.45, 2.75) is 31.8 Å². The van der Waals surface area contributed by atoms with E-state index in [1.54, 1.807) is 14.0 Å². The summed E-state index contributed by atoms with van der Waals surface area (Å²) in [4.78, 5) is 22.6. The second-order valence-electron chi connectivity index (χ2n) is 3.49. The van der Waals surface area contributed by atoms with E-state index in [0.717, 1.165) is 19.4 Å². The second-order valence-corrected chi connectivity index (χ2v) is 3.49. The molecule has 1 saturated heterocycles. The molecule has 0 aromatic heterocycles.